The van der Waals surface area contributed by atoms with Gasteiger partial charge in [0.05, 0.1) is 12.3 Å². The number of nitrogens with zero attached hydrogens (tertiary/aromatic N) is 2. The van der Waals surface area contributed by atoms with E-state index in [2.05, 4.69) is 4.99 Å². The maximum absolute atomic E-state index is 13.4. The molecule has 0 unspecified atom stereocenters. The van der Waals surface area contributed by atoms with E-state index in [1.165, 1.54) is 0 Å². The zero-order valence-corrected chi connectivity index (χ0v) is 18.0. The number of amides is 1. The molecule has 0 N–H and O–H groups in total. The number of rotatable bonds is 5. The lowest BCUT2D eigenvalue weighted by Crippen LogP contribution is -2.32. The Kier molecular flexibility index (Phi) is 5.29. The fourth-order valence-corrected chi connectivity index (χ4v) is 3.69. The standard InChI is InChI=1S/C25H19ClN2O4/c1-2-30-20-10-8-19(9-11-20)28-24(17-4-6-18(26)7-5-17)27-21(25(28)29)13-16-3-12-22-23(14-16)32-15-31-22/h3-14H,2,15H2,1H3/b21-13+. The molecular formula is C25H19ClN2O4. The highest BCUT2D eigenvalue weighted by Gasteiger charge is 2.32. The van der Waals surface area contributed by atoms with Crippen LogP contribution in [0.15, 0.2) is 77.4 Å². The average molecular weight is 447 g/mol. The number of carbonyl (C=O) groups excluding carboxylic acids is 1. The Bertz CT molecular complexity index is 1230. The Morgan fingerprint density at radius 1 is 1.03 bits per heavy atom. The second-order valence-electron chi connectivity index (χ2n) is 7.15. The summed E-state index contributed by atoms with van der Waals surface area (Å²) in [6, 6.07) is 20.1. The summed E-state index contributed by atoms with van der Waals surface area (Å²) in [5.41, 5.74) is 2.60. The highest BCUT2D eigenvalue weighted by Crippen LogP contribution is 2.34. The van der Waals surface area contributed by atoms with Crippen LogP contribution in [0.25, 0.3) is 6.08 Å². The third-order valence-electron chi connectivity index (χ3n) is 5.07. The first kappa shape index (κ1) is 20.2. The highest BCUT2D eigenvalue weighted by molar-refractivity contribution is 6.34. The third-order valence-corrected chi connectivity index (χ3v) is 5.32. The van der Waals surface area contributed by atoms with Crippen molar-refractivity contribution in [1.29, 1.82) is 0 Å². The minimum atomic E-state index is -0.225. The fourth-order valence-electron chi connectivity index (χ4n) is 3.57. The predicted octanol–water partition coefficient (Wildman–Crippen LogP) is 5.30. The lowest BCUT2D eigenvalue weighted by atomic mass is 10.1. The number of aliphatic imine (C=N–C) groups is 1. The quantitative estimate of drug-likeness (QED) is 0.499. The molecule has 0 aromatic heterocycles. The van der Waals surface area contributed by atoms with Crippen molar-refractivity contribution < 1.29 is 19.0 Å². The van der Waals surface area contributed by atoms with Gasteiger partial charge in [-0.2, -0.15) is 0 Å². The van der Waals surface area contributed by atoms with Gasteiger partial charge < -0.3 is 14.2 Å². The fraction of sp³-hybridized carbons (Fsp3) is 0.120. The minimum absolute atomic E-state index is 0.193. The van der Waals surface area contributed by atoms with Crippen molar-refractivity contribution >= 4 is 35.1 Å². The Hall–Kier alpha value is -3.77. The molecule has 2 aliphatic heterocycles. The van der Waals surface area contributed by atoms with Crippen LogP contribution in [0.1, 0.15) is 18.1 Å². The zero-order valence-electron chi connectivity index (χ0n) is 17.2. The van der Waals surface area contributed by atoms with Crippen molar-refractivity contribution in [3.05, 3.63) is 88.6 Å². The van der Waals surface area contributed by atoms with E-state index in [4.69, 9.17) is 25.8 Å². The molecule has 0 atom stereocenters. The van der Waals surface area contributed by atoms with Gasteiger partial charge in [0.15, 0.2) is 11.5 Å². The molecule has 0 radical (unpaired) electrons. The first-order chi connectivity index (χ1) is 15.6. The molecule has 2 aliphatic rings. The number of halogens is 1. The molecule has 32 heavy (non-hydrogen) atoms. The summed E-state index contributed by atoms with van der Waals surface area (Å²) in [5, 5.41) is 0.613. The van der Waals surface area contributed by atoms with Gasteiger partial charge in [-0.3, -0.25) is 9.69 Å². The number of amidine groups is 1. The molecule has 1 amide bonds. The van der Waals surface area contributed by atoms with Gasteiger partial charge in [0.2, 0.25) is 6.79 Å². The Labute approximate surface area is 190 Å². The molecule has 0 bridgehead atoms. The summed E-state index contributed by atoms with van der Waals surface area (Å²) in [6.45, 7) is 2.69. The van der Waals surface area contributed by atoms with Gasteiger partial charge in [0.25, 0.3) is 5.91 Å². The molecular weight excluding hydrogens is 428 g/mol. The SMILES string of the molecule is CCOc1ccc(N2C(=O)/C(=C\c3ccc4c(c3)OCO4)N=C2c2ccc(Cl)cc2)cc1. The van der Waals surface area contributed by atoms with Gasteiger partial charge in [-0.25, -0.2) is 4.99 Å². The van der Waals surface area contributed by atoms with E-state index in [0.29, 0.717) is 40.3 Å². The van der Waals surface area contributed by atoms with E-state index in [0.717, 1.165) is 16.9 Å². The average Bonchev–Trinajstić information content (AvgIpc) is 3.40. The zero-order chi connectivity index (χ0) is 22.1. The van der Waals surface area contributed by atoms with Crippen molar-refractivity contribution in [2.45, 2.75) is 6.92 Å². The molecule has 160 valence electrons. The van der Waals surface area contributed by atoms with Crippen LogP contribution in [0.2, 0.25) is 5.02 Å². The number of anilines is 1. The molecule has 6 nitrogen and oxygen atoms in total. The number of hydrogen-bond acceptors (Lipinski definition) is 5. The lowest BCUT2D eigenvalue weighted by Gasteiger charge is -2.19. The van der Waals surface area contributed by atoms with Crippen LogP contribution < -0.4 is 19.1 Å². The molecule has 0 aliphatic carbocycles. The summed E-state index contributed by atoms with van der Waals surface area (Å²) in [4.78, 5) is 19.7. The highest BCUT2D eigenvalue weighted by atomic mass is 35.5. The van der Waals surface area contributed by atoms with E-state index in [-0.39, 0.29) is 12.7 Å². The Morgan fingerprint density at radius 2 is 1.78 bits per heavy atom. The molecule has 0 fully saturated rings. The van der Waals surface area contributed by atoms with Crippen molar-refractivity contribution in [2.24, 2.45) is 4.99 Å². The van der Waals surface area contributed by atoms with Gasteiger partial charge in [0.1, 0.15) is 17.3 Å². The summed E-state index contributed by atoms with van der Waals surface area (Å²) < 4.78 is 16.3. The van der Waals surface area contributed by atoms with Crippen LogP contribution in [-0.2, 0) is 4.79 Å². The van der Waals surface area contributed by atoms with E-state index in [1.807, 2.05) is 61.5 Å². The van der Waals surface area contributed by atoms with Gasteiger partial charge >= 0.3 is 0 Å². The first-order valence-corrected chi connectivity index (χ1v) is 10.5. The second kappa shape index (κ2) is 8.40. The summed E-state index contributed by atoms with van der Waals surface area (Å²) in [7, 11) is 0. The van der Waals surface area contributed by atoms with Crippen LogP contribution >= 0.6 is 11.6 Å². The molecule has 2 heterocycles. The number of fused-ring (bicyclic) bond motifs is 1. The van der Waals surface area contributed by atoms with Gasteiger partial charge in [-0.15, -0.1) is 0 Å². The number of hydrogen-bond donors (Lipinski definition) is 0. The molecule has 0 saturated heterocycles. The first-order valence-electron chi connectivity index (χ1n) is 10.2. The van der Waals surface area contributed by atoms with E-state index < -0.39 is 0 Å². The largest absolute Gasteiger partial charge is 0.494 e. The molecule has 7 heteroatoms. The number of ether oxygens (including phenoxy) is 3. The van der Waals surface area contributed by atoms with E-state index >= 15 is 0 Å². The topological polar surface area (TPSA) is 60.4 Å². The van der Waals surface area contributed by atoms with Crippen molar-refractivity contribution in [3.63, 3.8) is 0 Å². The van der Waals surface area contributed by atoms with E-state index in [9.17, 15) is 4.79 Å². The van der Waals surface area contributed by atoms with Crippen LogP contribution in [0.3, 0.4) is 0 Å². The molecule has 5 rings (SSSR count). The lowest BCUT2D eigenvalue weighted by molar-refractivity contribution is -0.113. The Morgan fingerprint density at radius 3 is 2.53 bits per heavy atom. The number of benzene rings is 3. The third kappa shape index (κ3) is 3.81. The maximum atomic E-state index is 13.4. The van der Waals surface area contributed by atoms with Gasteiger partial charge in [-0.1, -0.05) is 17.7 Å². The second-order valence-corrected chi connectivity index (χ2v) is 7.59. The normalized spacial score (nSPS) is 15.9. The van der Waals surface area contributed by atoms with Crippen LogP contribution in [-0.4, -0.2) is 25.1 Å². The van der Waals surface area contributed by atoms with Crippen LogP contribution in [0.5, 0.6) is 17.2 Å². The Balaban J connectivity index is 1.55. The number of carbonyl (C=O) groups is 1. The predicted molar refractivity (Wildman–Crippen MR) is 124 cm³/mol. The van der Waals surface area contributed by atoms with Gasteiger partial charge in [-0.05, 0) is 79.2 Å². The monoisotopic (exact) mass is 446 g/mol. The molecule has 0 spiro atoms. The molecule has 0 saturated carbocycles. The minimum Gasteiger partial charge on any atom is -0.494 e. The summed E-state index contributed by atoms with van der Waals surface area (Å²) in [5.74, 6) is 2.38. The summed E-state index contributed by atoms with van der Waals surface area (Å²) in [6.07, 6.45) is 1.74. The molecule has 3 aromatic rings. The maximum Gasteiger partial charge on any atom is 0.282 e. The smallest absolute Gasteiger partial charge is 0.282 e. The van der Waals surface area contributed by atoms with Crippen molar-refractivity contribution in [2.75, 3.05) is 18.3 Å². The van der Waals surface area contributed by atoms with Crippen LogP contribution in [0.4, 0.5) is 5.69 Å². The molecule has 3 aromatic carbocycles. The van der Waals surface area contributed by atoms with Crippen molar-refractivity contribution in [3.8, 4) is 17.2 Å². The van der Waals surface area contributed by atoms with Crippen molar-refractivity contribution in [1.82, 2.24) is 0 Å². The van der Waals surface area contributed by atoms with Crippen LogP contribution in [0, 0.1) is 0 Å². The van der Waals surface area contributed by atoms with E-state index in [1.54, 1.807) is 23.1 Å². The van der Waals surface area contributed by atoms with Gasteiger partial charge in [0, 0.05) is 10.6 Å². The summed E-state index contributed by atoms with van der Waals surface area (Å²) >= 11 is 6.06.